The molecule has 16 heavy (non-hydrogen) atoms. The molecule has 0 aliphatic rings. The smallest absolute Gasteiger partial charge is 0.224 e. The lowest BCUT2D eigenvalue weighted by Crippen LogP contribution is -2.42. The number of amides is 1. The second kappa shape index (κ2) is 9.91. The first-order valence-electron chi connectivity index (χ1n) is 6.06. The Labute approximate surface area is 106 Å². The minimum Gasteiger partial charge on any atom is -0.339 e. The summed E-state index contributed by atoms with van der Waals surface area (Å²) in [5, 5.41) is 0. The molecule has 1 amide bonds. The average molecular weight is 251 g/mol. The van der Waals surface area contributed by atoms with Crippen molar-refractivity contribution >= 4 is 18.3 Å². The zero-order chi connectivity index (χ0) is 11.8. The predicted octanol–water partition coefficient (Wildman–Crippen LogP) is 2.43. The van der Waals surface area contributed by atoms with Crippen LogP contribution in [0.1, 0.15) is 47.0 Å². The van der Waals surface area contributed by atoms with Crippen molar-refractivity contribution in [3.63, 3.8) is 0 Å². The van der Waals surface area contributed by atoms with Crippen LogP contribution in [0.2, 0.25) is 0 Å². The summed E-state index contributed by atoms with van der Waals surface area (Å²) in [6, 6.07) is 0.381. The molecule has 0 aliphatic heterocycles. The maximum absolute atomic E-state index is 11.9. The van der Waals surface area contributed by atoms with Crippen LogP contribution < -0.4 is 5.73 Å². The molecule has 2 N–H and O–H groups in total. The summed E-state index contributed by atoms with van der Waals surface area (Å²) >= 11 is 0. The largest absolute Gasteiger partial charge is 0.339 e. The average Bonchev–Trinajstić information content (AvgIpc) is 2.18. The lowest BCUT2D eigenvalue weighted by molar-refractivity contribution is -0.134. The van der Waals surface area contributed by atoms with Crippen LogP contribution in [0.4, 0.5) is 0 Å². The number of carbonyl (C=O) groups excluding carboxylic acids is 1. The van der Waals surface area contributed by atoms with Gasteiger partial charge in [0, 0.05) is 25.6 Å². The number of hydrogen-bond donors (Lipinski definition) is 1. The molecule has 0 unspecified atom stereocenters. The van der Waals surface area contributed by atoms with Gasteiger partial charge < -0.3 is 10.6 Å². The quantitative estimate of drug-likeness (QED) is 0.755. The van der Waals surface area contributed by atoms with E-state index in [9.17, 15) is 4.79 Å². The van der Waals surface area contributed by atoms with Gasteiger partial charge in [-0.05, 0) is 18.8 Å². The van der Waals surface area contributed by atoms with Crippen LogP contribution in [-0.4, -0.2) is 29.9 Å². The van der Waals surface area contributed by atoms with Gasteiger partial charge in [0.15, 0.2) is 0 Å². The standard InChI is InChI=1S/C12H26N2O.ClH/c1-5-11(6-2)14(9-10(3)4)12(15)7-8-13;/h10-11H,5-9,13H2,1-4H3;1H. The van der Waals surface area contributed by atoms with Crippen molar-refractivity contribution in [1.29, 1.82) is 0 Å². The van der Waals surface area contributed by atoms with E-state index in [4.69, 9.17) is 5.73 Å². The molecule has 0 saturated heterocycles. The van der Waals surface area contributed by atoms with Gasteiger partial charge in [-0.1, -0.05) is 27.7 Å². The van der Waals surface area contributed by atoms with Gasteiger partial charge in [-0.3, -0.25) is 4.79 Å². The molecule has 0 bridgehead atoms. The highest BCUT2D eigenvalue weighted by Crippen LogP contribution is 2.12. The van der Waals surface area contributed by atoms with Crippen molar-refractivity contribution in [2.75, 3.05) is 13.1 Å². The van der Waals surface area contributed by atoms with Crippen molar-refractivity contribution in [3.05, 3.63) is 0 Å². The first-order valence-corrected chi connectivity index (χ1v) is 6.06. The van der Waals surface area contributed by atoms with E-state index in [0.717, 1.165) is 19.4 Å². The Bertz CT molecular complexity index is 182. The first kappa shape index (κ1) is 18.1. The Balaban J connectivity index is 0. The molecule has 0 spiro atoms. The summed E-state index contributed by atoms with van der Waals surface area (Å²) in [4.78, 5) is 13.9. The molecular formula is C12H27ClN2O. The van der Waals surface area contributed by atoms with Gasteiger partial charge in [0.1, 0.15) is 0 Å². The molecule has 0 radical (unpaired) electrons. The van der Waals surface area contributed by atoms with E-state index in [1.807, 2.05) is 4.90 Å². The molecule has 98 valence electrons. The van der Waals surface area contributed by atoms with E-state index >= 15 is 0 Å². The highest BCUT2D eigenvalue weighted by molar-refractivity contribution is 5.85. The second-order valence-electron chi connectivity index (χ2n) is 4.45. The van der Waals surface area contributed by atoms with Crippen LogP contribution in [-0.2, 0) is 4.79 Å². The molecule has 0 saturated carbocycles. The van der Waals surface area contributed by atoms with Crippen LogP contribution in [0.5, 0.6) is 0 Å². The van der Waals surface area contributed by atoms with Crippen molar-refractivity contribution in [3.8, 4) is 0 Å². The minimum atomic E-state index is 0. The Hall–Kier alpha value is -0.280. The van der Waals surface area contributed by atoms with E-state index in [1.165, 1.54) is 0 Å². The number of hydrogen-bond acceptors (Lipinski definition) is 2. The van der Waals surface area contributed by atoms with Gasteiger partial charge in [-0.15, -0.1) is 12.4 Å². The zero-order valence-electron chi connectivity index (χ0n) is 11.0. The summed E-state index contributed by atoms with van der Waals surface area (Å²) in [6.45, 7) is 9.86. The Morgan fingerprint density at radius 2 is 1.75 bits per heavy atom. The SMILES string of the molecule is CCC(CC)N(CC(C)C)C(=O)CCN.Cl. The zero-order valence-corrected chi connectivity index (χ0v) is 11.8. The molecule has 0 aromatic rings. The molecule has 0 rings (SSSR count). The molecule has 3 nitrogen and oxygen atoms in total. The summed E-state index contributed by atoms with van der Waals surface area (Å²) in [7, 11) is 0. The van der Waals surface area contributed by atoms with E-state index < -0.39 is 0 Å². The minimum absolute atomic E-state index is 0. The normalized spacial score (nSPS) is 10.4. The van der Waals surface area contributed by atoms with Crippen molar-refractivity contribution in [1.82, 2.24) is 4.90 Å². The van der Waals surface area contributed by atoms with E-state index in [2.05, 4.69) is 27.7 Å². The van der Waals surface area contributed by atoms with Gasteiger partial charge in [0.2, 0.25) is 5.91 Å². The van der Waals surface area contributed by atoms with Crippen molar-refractivity contribution in [2.45, 2.75) is 53.0 Å². The summed E-state index contributed by atoms with van der Waals surface area (Å²) < 4.78 is 0. The Kier molecular flexibility index (Phi) is 11.2. The Morgan fingerprint density at radius 3 is 2.06 bits per heavy atom. The lowest BCUT2D eigenvalue weighted by atomic mass is 10.1. The Morgan fingerprint density at radius 1 is 1.25 bits per heavy atom. The lowest BCUT2D eigenvalue weighted by Gasteiger charge is -2.32. The molecule has 0 aliphatic carbocycles. The molecule has 0 heterocycles. The van der Waals surface area contributed by atoms with Gasteiger partial charge in [0.25, 0.3) is 0 Å². The van der Waals surface area contributed by atoms with Crippen molar-refractivity contribution < 1.29 is 4.79 Å². The predicted molar refractivity (Wildman–Crippen MR) is 71.8 cm³/mol. The summed E-state index contributed by atoms with van der Waals surface area (Å²) in [5.41, 5.74) is 5.43. The molecular weight excluding hydrogens is 224 g/mol. The van der Waals surface area contributed by atoms with Crippen LogP contribution in [0.25, 0.3) is 0 Å². The number of nitrogens with two attached hydrogens (primary N) is 1. The van der Waals surface area contributed by atoms with Crippen LogP contribution in [0.3, 0.4) is 0 Å². The topological polar surface area (TPSA) is 46.3 Å². The third-order valence-electron chi connectivity index (χ3n) is 2.62. The van der Waals surface area contributed by atoms with Crippen LogP contribution >= 0.6 is 12.4 Å². The van der Waals surface area contributed by atoms with E-state index in [0.29, 0.717) is 24.9 Å². The number of halogens is 1. The molecule has 0 aromatic carbocycles. The molecule has 4 heteroatoms. The fraction of sp³-hybridized carbons (Fsp3) is 0.917. The monoisotopic (exact) mass is 250 g/mol. The van der Waals surface area contributed by atoms with Gasteiger partial charge >= 0.3 is 0 Å². The van der Waals surface area contributed by atoms with E-state index in [1.54, 1.807) is 0 Å². The van der Waals surface area contributed by atoms with Crippen LogP contribution in [0, 0.1) is 5.92 Å². The third kappa shape index (κ3) is 6.33. The van der Waals surface area contributed by atoms with Crippen molar-refractivity contribution in [2.24, 2.45) is 11.7 Å². The number of rotatable bonds is 7. The summed E-state index contributed by atoms with van der Waals surface area (Å²) in [5.74, 6) is 0.729. The van der Waals surface area contributed by atoms with Gasteiger partial charge in [0.05, 0.1) is 0 Å². The van der Waals surface area contributed by atoms with Gasteiger partial charge in [-0.25, -0.2) is 0 Å². The maximum Gasteiger partial charge on any atom is 0.224 e. The molecule has 0 atom stereocenters. The first-order chi connectivity index (χ1) is 7.06. The fourth-order valence-electron chi connectivity index (χ4n) is 1.84. The highest BCUT2D eigenvalue weighted by Gasteiger charge is 2.20. The third-order valence-corrected chi connectivity index (χ3v) is 2.62. The molecule has 0 aromatic heterocycles. The molecule has 0 fully saturated rings. The number of carbonyl (C=O) groups is 1. The number of nitrogens with zero attached hydrogens (tertiary/aromatic N) is 1. The van der Waals surface area contributed by atoms with Crippen LogP contribution in [0.15, 0.2) is 0 Å². The van der Waals surface area contributed by atoms with E-state index in [-0.39, 0.29) is 18.3 Å². The van der Waals surface area contributed by atoms with Gasteiger partial charge in [-0.2, -0.15) is 0 Å². The maximum atomic E-state index is 11.9. The fourth-order valence-corrected chi connectivity index (χ4v) is 1.84. The highest BCUT2D eigenvalue weighted by atomic mass is 35.5. The summed E-state index contributed by atoms with van der Waals surface area (Å²) in [6.07, 6.45) is 2.53. The second-order valence-corrected chi connectivity index (χ2v) is 4.45.